The van der Waals surface area contributed by atoms with Crippen LogP contribution in [0.15, 0.2) is 95.9 Å². The third kappa shape index (κ3) is 3.61. The van der Waals surface area contributed by atoms with Gasteiger partial charge < -0.3 is 0 Å². The van der Waals surface area contributed by atoms with Crippen molar-refractivity contribution in [2.75, 3.05) is 6.54 Å². The van der Waals surface area contributed by atoms with Crippen LogP contribution in [0, 0.1) is 6.92 Å². The lowest BCUT2D eigenvalue weighted by atomic mass is 9.84. The summed E-state index contributed by atoms with van der Waals surface area (Å²) in [4.78, 5) is 13.6. The predicted octanol–water partition coefficient (Wildman–Crippen LogP) is 4.39. The van der Waals surface area contributed by atoms with Crippen LogP contribution in [0.1, 0.15) is 22.6 Å². The summed E-state index contributed by atoms with van der Waals surface area (Å²) < 4.78 is 27.4. The Morgan fingerprint density at radius 3 is 2.03 bits per heavy atom. The zero-order valence-electron chi connectivity index (χ0n) is 16.0. The van der Waals surface area contributed by atoms with Crippen molar-refractivity contribution in [1.29, 1.82) is 0 Å². The van der Waals surface area contributed by atoms with Gasteiger partial charge in [0.15, 0.2) is 0 Å². The molecule has 3 aromatic carbocycles. The summed E-state index contributed by atoms with van der Waals surface area (Å²) in [6.45, 7) is 1.91. The van der Waals surface area contributed by atoms with Crippen molar-refractivity contribution in [3.8, 4) is 0 Å². The van der Waals surface area contributed by atoms with Gasteiger partial charge in [-0.2, -0.15) is 0 Å². The van der Waals surface area contributed by atoms with E-state index in [0.717, 1.165) is 26.6 Å². The van der Waals surface area contributed by atoms with E-state index in [2.05, 4.69) is 0 Å². The van der Waals surface area contributed by atoms with Gasteiger partial charge in [0.25, 0.3) is 10.0 Å². The third-order valence-electron chi connectivity index (χ3n) is 5.13. The average Bonchev–Trinajstić information content (AvgIpc) is 2.75. The lowest BCUT2D eigenvalue weighted by Gasteiger charge is -2.32. The maximum absolute atomic E-state index is 13.5. The molecule has 0 aliphatic carbocycles. The molecule has 1 atom stereocenters. The third-order valence-corrected chi connectivity index (χ3v) is 6.91. The van der Waals surface area contributed by atoms with E-state index in [1.165, 1.54) is 0 Å². The number of carbonyl (C=O) groups excluding carboxylic acids is 1. The molecule has 1 heterocycles. The zero-order chi connectivity index (χ0) is 20.4. The SMILES string of the molecule is Cc1ccc(S(=O)(=O)N2CC=C(c3ccccc3)[C@@H](c3ccccc3)C2=O)cc1. The largest absolute Gasteiger partial charge is 0.273 e. The van der Waals surface area contributed by atoms with Crippen LogP contribution in [0.2, 0.25) is 0 Å². The van der Waals surface area contributed by atoms with E-state index in [-0.39, 0.29) is 11.4 Å². The maximum Gasteiger partial charge on any atom is 0.266 e. The summed E-state index contributed by atoms with van der Waals surface area (Å²) in [6, 6.07) is 25.5. The van der Waals surface area contributed by atoms with Crippen LogP contribution in [0.4, 0.5) is 0 Å². The van der Waals surface area contributed by atoms with Crippen LogP contribution in [-0.2, 0) is 14.8 Å². The minimum absolute atomic E-state index is 0.0165. The molecule has 1 aliphatic heterocycles. The maximum atomic E-state index is 13.5. The molecule has 0 fully saturated rings. The van der Waals surface area contributed by atoms with E-state index in [9.17, 15) is 13.2 Å². The van der Waals surface area contributed by atoms with Crippen molar-refractivity contribution in [1.82, 2.24) is 4.31 Å². The highest BCUT2D eigenvalue weighted by molar-refractivity contribution is 7.89. The van der Waals surface area contributed by atoms with Crippen molar-refractivity contribution in [3.05, 3.63) is 108 Å². The lowest BCUT2D eigenvalue weighted by molar-refractivity contribution is -0.126. The van der Waals surface area contributed by atoms with Crippen LogP contribution in [0.5, 0.6) is 0 Å². The normalized spacial score (nSPS) is 17.1. The molecule has 1 amide bonds. The van der Waals surface area contributed by atoms with Gasteiger partial charge in [0.05, 0.1) is 17.4 Å². The second kappa shape index (κ2) is 7.68. The van der Waals surface area contributed by atoms with Gasteiger partial charge in [-0.3, -0.25) is 4.79 Å². The second-order valence-electron chi connectivity index (χ2n) is 7.06. The van der Waals surface area contributed by atoms with Crippen molar-refractivity contribution < 1.29 is 13.2 Å². The van der Waals surface area contributed by atoms with Crippen LogP contribution in [-0.4, -0.2) is 25.2 Å². The van der Waals surface area contributed by atoms with Gasteiger partial charge in [-0.1, -0.05) is 84.4 Å². The number of sulfonamides is 1. The first-order valence-electron chi connectivity index (χ1n) is 9.42. The smallest absolute Gasteiger partial charge is 0.266 e. The van der Waals surface area contributed by atoms with Gasteiger partial charge >= 0.3 is 0 Å². The Bertz CT molecular complexity index is 1150. The van der Waals surface area contributed by atoms with E-state index in [1.807, 2.05) is 73.7 Å². The first-order valence-corrected chi connectivity index (χ1v) is 10.9. The predicted molar refractivity (Wildman–Crippen MR) is 114 cm³/mol. The number of hydrogen-bond donors (Lipinski definition) is 0. The van der Waals surface area contributed by atoms with Gasteiger partial charge in [-0.05, 0) is 35.8 Å². The number of hydrogen-bond acceptors (Lipinski definition) is 3. The molecule has 1 aliphatic rings. The molecule has 0 unspecified atom stereocenters. The van der Waals surface area contributed by atoms with Crippen molar-refractivity contribution in [2.45, 2.75) is 17.7 Å². The van der Waals surface area contributed by atoms with Crippen LogP contribution in [0.3, 0.4) is 0 Å². The molecule has 0 spiro atoms. The molecule has 3 aromatic rings. The van der Waals surface area contributed by atoms with Crippen LogP contribution < -0.4 is 0 Å². The minimum Gasteiger partial charge on any atom is -0.273 e. The van der Waals surface area contributed by atoms with E-state index < -0.39 is 21.8 Å². The first kappa shape index (κ1) is 19.2. The molecule has 146 valence electrons. The topological polar surface area (TPSA) is 54.5 Å². The highest BCUT2D eigenvalue weighted by Gasteiger charge is 2.39. The quantitative estimate of drug-likeness (QED) is 0.649. The summed E-state index contributed by atoms with van der Waals surface area (Å²) in [5.74, 6) is -1.11. The number of nitrogens with zero attached hydrogens (tertiary/aromatic N) is 1. The van der Waals surface area contributed by atoms with Gasteiger partial charge in [0, 0.05) is 0 Å². The first-order chi connectivity index (χ1) is 14.0. The van der Waals surface area contributed by atoms with Gasteiger partial charge in [-0.25, -0.2) is 12.7 Å². The fourth-order valence-corrected chi connectivity index (χ4v) is 4.95. The van der Waals surface area contributed by atoms with Gasteiger partial charge in [0.1, 0.15) is 0 Å². The fraction of sp³-hybridized carbons (Fsp3) is 0.125. The Morgan fingerprint density at radius 1 is 0.828 bits per heavy atom. The Labute approximate surface area is 171 Å². The number of amides is 1. The minimum atomic E-state index is -3.94. The van der Waals surface area contributed by atoms with Crippen LogP contribution in [0.25, 0.3) is 5.57 Å². The summed E-state index contributed by atoms with van der Waals surface area (Å²) in [5, 5.41) is 0. The number of rotatable bonds is 4. The molecule has 29 heavy (non-hydrogen) atoms. The molecule has 4 rings (SSSR count). The highest BCUT2D eigenvalue weighted by atomic mass is 32.2. The fourth-order valence-electron chi connectivity index (χ4n) is 3.60. The van der Waals surface area contributed by atoms with Gasteiger partial charge in [0.2, 0.25) is 5.91 Å². The highest BCUT2D eigenvalue weighted by Crippen LogP contribution is 2.38. The molecular formula is C24H21NO3S. The van der Waals surface area contributed by atoms with Crippen molar-refractivity contribution >= 4 is 21.5 Å². The van der Waals surface area contributed by atoms with Crippen molar-refractivity contribution in [2.24, 2.45) is 0 Å². The lowest BCUT2D eigenvalue weighted by Crippen LogP contribution is -2.43. The Hall–Kier alpha value is -3.18. The summed E-state index contributed by atoms with van der Waals surface area (Å²) in [6.07, 6.45) is 1.85. The molecule has 5 heteroatoms. The number of aryl methyl sites for hydroxylation is 1. The molecule has 0 N–H and O–H groups in total. The molecule has 0 radical (unpaired) electrons. The average molecular weight is 404 g/mol. The Kier molecular flexibility index (Phi) is 5.07. The standard InChI is InChI=1S/C24H21NO3S/c1-18-12-14-21(15-13-18)29(27,28)25-17-16-22(19-8-4-2-5-9-19)23(24(25)26)20-10-6-3-7-11-20/h2-16,23H,17H2,1H3/t23-/m1/s1. The Morgan fingerprint density at radius 2 is 1.41 bits per heavy atom. The van der Waals surface area contributed by atoms with E-state index in [4.69, 9.17) is 0 Å². The summed E-state index contributed by atoms with van der Waals surface area (Å²) in [7, 11) is -3.94. The molecule has 0 saturated heterocycles. The van der Waals surface area contributed by atoms with E-state index in [1.54, 1.807) is 24.3 Å². The Balaban J connectivity index is 1.81. The molecule has 0 bridgehead atoms. The monoisotopic (exact) mass is 403 g/mol. The van der Waals surface area contributed by atoms with Crippen molar-refractivity contribution in [3.63, 3.8) is 0 Å². The van der Waals surface area contributed by atoms with E-state index in [0.29, 0.717) is 0 Å². The molecule has 0 aromatic heterocycles. The van der Waals surface area contributed by atoms with E-state index >= 15 is 0 Å². The van der Waals surface area contributed by atoms with Crippen LogP contribution >= 0.6 is 0 Å². The number of carbonyl (C=O) groups is 1. The van der Waals surface area contributed by atoms with Gasteiger partial charge in [-0.15, -0.1) is 0 Å². The molecule has 4 nitrogen and oxygen atoms in total. The second-order valence-corrected chi connectivity index (χ2v) is 8.92. The molecule has 0 saturated carbocycles. The summed E-state index contributed by atoms with van der Waals surface area (Å²) >= 11 is 0. The molecular weight excluding hydrogens is 382 g/mol. The zero-order valence-corrected chi connectivity index (χ0v) is 16.8. The summed E-state index contributed by atoms with van der Waals surface area (Å²) in [5.41, 5.74) is 3.48. The number of benzene rings is 3.